The van der Waals surface area contributed by atoms with Crippen molar-refractivity contribution in [3.05, 3.63) is 53.7 Å². The summed E-state index contributed by atoms with van der Waals surface area (Å²) in [6.45, 7) is 1.98. The van der Waals surface area contributed by atoms with Gasteiger partial charge in [-0.15, -0.1) is 0 Å². The van der Waals surface area contributed by atoms with Gasteiger partial charge in [-0.05, 0) is 18.6 Å². The molecular formula is C18H18N4O4S. The molecule has 0 N–H and O–H groups in total. The van der Waals surface area contributed by atoms with E-state index in [4.69, 9.17) is 4.42 Å². The average Bonchev–Trinajstić information content (AvgIpc) is 3.20. The van der Waals surface area contributed by atoms with Gasteiger partial charge in [0.2, 0.25) is 5.89 Å². The van der Waals surface area contributed by atoms with Gasteiger partial charge in [-0.1, -0.05) is 18.2 Å². The summed E-state index contributed by atoms with van der Waals surface area (Å²) in [6, 6.07) is 6.77. The molecule has 9 heteroatoms. The molecule has 0 fully saturated rings. The third kappa shape index (κ3) is 3.14. The van der Waals surface area contributed by atoms with E-state index in [1.807, 2.05) is 0 Å². The maximum Gasteiger partial charge on any atom is 0.276 e. The molecule has 3 aromatic rings. The zero-order valence-corrected chi connectivity index (χ0v) is 15.7. The van der Waals surface area contributed by atoms with Crippen LogP contribution in [0.1, 0.15) is 21.8 Å². The molecule has 0 saturated carbocycles. The zero-order chi connectivity index (χ0) is 19.2. The molecule has 1 aliphatic rings. The number of amides is 1. The fourth-order valence-electron chi connectivity index (χ4n) is 3.14. The third-order valence-electron chi connectivity index (χ3n) is 4.54. The van der Waals surface area contributed by atoms with E-state index in [-0.39, 0.29) is 35.3 Å². The van der Waals surface area contributed by atoms with Gasteiger partial charge in [-0.3, -0.25) is 9.48 Å². The van der Waals surface area contributed by atoms with E-state index in [1.165, 1.54) is 4.90 Å². The highest BCUT2D eigenvalue weighted by molar-refractivity contribution is 7.91. The summed E-state index contributed by atoms with van der Waals surface area (Å²) in [4.78, 5) is 19.1. The van der Waals surface area contributed by atoms with Crippen molar-refractivity contribution in [1.29, 1.82) is 0 Å². The average molecular weight is 386 g/mol. The molecule has 0 spiro atoms. The lowest BCUT2D eigenvalue weighted by atomic mass is 10.2. The molecule has 1 amide bonds. The molecule has 0 atom stereocenters. The van der Waals surface area contributed by atoms with Gasteiger partial charge in [0.15, 0.2) is 15.5 Å². The third-order valence-corrected chi connectivity index (χ3v) is 6.33. The van der Waals surface area contributed by atoms with Crippen LogP contribution in [0.25, 0.3) is 11.5 Å². The Morgan fingerprint density at radius 2 is 2.04 bits per heavy atom. The minimum atomic E-state index is -3.42. The van der Waals surface area contributed by atoms with Crippen LogP contribution < -0.4 is 0 Å². The van der Waals surface area contributed by atoms with Crippen LogP contribution in [0.15, 0.2) is 46.0 Å². The lowest BCUT2D eigenvalue weighted by Gasteiger charge is -2.19. The van der Waals surface area contributed by atoms with Crippen LogP contribution in [0.4, 0.5) is 0 Å². The summed E-state index contributed by atoms with van der Waals surface area (Å²) in [6.07, 6.45) is 3.35. The maximum absolute atomic E-state index is 13.0. The molecule has 0 bridgehead atoms. The monoisotopic (exact) mass is 386 g/mol. The molecule has 1 aliphatic heterocycles. The number of aromatic nitrogens is 3. The van der Waals surface area contributed by atoms with Crippen LogP contribution in [-0.2, 0) is 23.4 Å². The summed E-state index contributed by atoms with van der Waals surface area (Å²) in [5.41, 5.74) is 1.46. The van der Waals surface area contributed by atoms with Crippen molar-refractivity contribution in [3.8, 4) is 11.5 Å². The highest BCUT2D eigenvalue weighted by Gasteiger charge is 2.30. The first-order chi connectivity index (χ1) is 12.8. The number of rotatable bonds is 2. The Morgan fingerprint density at radius 3 is 2.78 bits per heavy atom. The predicted molar refractivity (Wildman–Crippen MR) is 96.7 cm³/mol. The first-order valence-electron chi connectivity index (χ1n) is 8.41. The van der Waals surface area contributed by atoms with Gasteiger partial charge < -0.3 is 9.32 Å². The molecule has 140 valence electrons. The molecule has 0 aliphatic carbocycles. The van der Waals surface area contributed by atoms with Crippen molar-refractivity contribution >= 4 is 15.7 Å². The Kier molecular flexibility index (Phi) is 4.11. The summed E-state index contributed by atoms with van der Waals surface area (Å²) in [5, 5.41) is 4.07. The number of nitrogens with zero attached hydrogens (tertiary/aromatic N) is 4. The fraction of sp³-hybridized carbons (Fsp3) is 0.278. The van der Waals surface area contributed by atoms with Crippen molar-refractivity contribution < 1.29 is 17.6 Å². The quantitative estimate of drug-likeness (QED) is 0.666. The topological polar surface area (TPSA) is 98.3 Å². The lowest BCUT2D eigenvalue weighted by molar-refractivity contribution is 0.0747. The van der Waals surface area contributed by atoms with Gasteiger partial charge in [0, 0.05) is 26.3 Å². The van der Waals surface area contributed by atoms with Crippen molar-refractivity contribution in [2.24, 2.45) is 7.05 Å². The summed E-state index contributed by atoms with van der Waals surface area (Å²) in [5.74, 6) is 0.228. The molecule has 4 rings (SSSR count). The highest BCUT2D eigenvalue weighted by Crippen LogP contribution is 2.26. The number of carbonyl (C=O) groups excluding carboxylic acids is 1. The van der Waals surface area contributed by atoms with Crippen LogP contribution in [0.5, 0.6) is 0 Å². The Balaban J connectivity index is 1.67. The van der Waals surface area contributed by atoms with E-state index in [1.54, 1.807) is 55.3 Å². The number of benzene rings is 1. The van der Waals surface area contributed by atoms with Gasteiger partial charge in [-0.25, -0.2) is 13.4 Å². The minimum Gasteiger partial charge on any atom is -0.440 e. The van der Waals surface area contributed by atoms with E-state index >= 15 is 0 Å². The molecule has 3 heterocycles. The van der Waals surface area contributed by atoms with E-state index < -0.39 is 9.84 Å². The van der Waals surface area contributed by atoms with Crippen LogP contribution in [0.2, 0.25) is 0 Å². The predicted octanol–water partition coefficient (Wildman–Crippen LogP) is 1.81. The minimum absolute atomic E-state index is 0.102. The number of hydrogen-bond donors (Lipinski definition) is 0. The lowest BCUT2D eigenvalue weighted by Crippen LogP contribution is -2.33. The van der Waals surface area contributed by atoms with E-state index in [0.29, 0.717) is 22.8 Å². The largest absolute Gasteiger partial charge is 0.440 e. The normalized spacial score (nSPS) is 16.0. The molecule has 0 unspecified atom stereocenters. The molecule has 0 radical (unpaired) electrons. The molecule has 1 aromatic carbocycles. The van der Waals surface area contributed by atoms with Crippen LogP contribution in [0.3, 0.4) is 0 Å². The molecular weight excluding hydrogens is 368 g/mol. The first kappa shape index (κ1) is 17.5. The fourth-order valence-corrected chi connectivity index (χ4v) is 4.63. The molecule has 27 heavy (non-hydrogen) atoms. The van der Waals surface area contributed by atoms with Crippen molar-refractivity contribution in [2.75, 3.05) is 12.3 Å². The van der Waals surface area contributed by atoms with Crippen LogP contribution >= 0.6 is 0 Å². The summed E-state index contributed by atoms with van der Waals surface area (Å²) in [7, 11) is -1.64. The van der Waals surface area contributed by atoms with Gasteiger partial charge in [0.05, 0.1) is 22.4 Å². The second kappa shape index (κ2) is 6.34. The molecule has 8 nitrogen and oxygen atoms in total. The summed E-state index contributed by atoms with van der Waals surface area (Å²) < 4.78 is 32.2. The molecule has 0 saturated heterocycles. The van der Waals surface area contributed by atoms with E-state index in [2.05, 4.69) is 10.1 Å². The standard InChI is InChI=1S/C18H18N4O4S/c1-12-16(20-17(26-12)14-9-19-21(2)10-14)18(23)22-7-8-27(24,25)15-6-4-3-5-13(15)11-22/h3-6,9-10H,7-8,11H2,1-2H3. The number of sulfone groups is 1. The maximum atomic E-state index is 13.0. The zero-order valence-electron chi connectivity index (χ0n) is 14.9. The second-order valence-electron chi connectivity index (χ2n) is 6.48. The second-order valence-corrected chi connectivity index (χ2v) is 8.56. The Hall–Kier alpha value is -2.94. The van der Waals surface area contributed by atoms with Crippen molar-refractivity contribution in [1.82, 2.24) is 19.7 Å². The van der Waals surface area contributed by atoms with Gasteiger partial charge in [0.25, 0.3) is 5.91 Å². The summed E-state index contributed by atoms with van der Waals surface area (Å²) >= 11 is 0. The van der Waals surface area contributed by atoms with Gasteiger partial charge in [-0.2, -0.15) is 5.10 Å². The van der Waals surface area contributed by atoms with E-state index in [0.717, 1.165) is 0 Å². The Bertz CT molecular complexity index is 1130. The van der Waals surface area contributed by atoms with Crippen molar-refractivity contribution in [3.63, 3.8) is 0 Å². The molecule has 2 aromatic heterocycles. The van der Waals surface area contributed by atoms with E-state index in [9.17, 15) is 13.2 Å². The number of aryl methyl sites for hydroxylation is 2. The number of hydrogen-bond acceptors (Lipinski definition) is 6. The Morgan fingerprint density at radius 1 is 1.26 bits per heavy atom. The van der Waals surface area contributed by atoms with Crippen LogP contribution in [-0.4, -0.2) is 46.3 Å². The van der Waals surface area contributed by atoms with Gasteiger partial charge >= 0.3 is 0 Å². The number of oxazole rings is 1. The number of carbonyl (C=O) groups is 1. The SMILES string of the molecule is Cc1oc(-c2cnn(C)c2)nc1C(=O)N1CCS(=O)(=O)c2ccccc2C1. The smallest absolute Gasteiger partial charge is 0.276 e. The van der Waals surface area contributed by atoms with Gasteiger partial charge in [0.1, 0.15) is 5.76 Å². The highest BCUT2D eigenvalue weighted by atomic mass is 32.2. The first-order valence-corrected chi connectivity index (χ1v) is 10.1. The number of fused-ring (bicyclic) bond motifs is 1. The van der Waals surface area contributed by atoms with Crippen molar-refractivity contribution in [2.45, 2.75) is 18.4 Å². The Labute approximate surface area is 156 Å². The van der Waals surface area contributed by atoms with Crippen LogP contribution in [0, 0.1) is 6.92 Å².